The highest BCUT2D eigenvalue weighted by molar-refractivity contribution is 5.18. The average Bonchev–Trinajstić information content (AvgIpc) is 2.44. The number of rotatable bonds is 6. The lowest BCUT2D eigenvalue weighted by Gasteiger charge is -2.26. The van der Waals surface area contributed by atoms with Crippen molar-refractivity contribution in [1.82, 2.24) is 10.3 Å². The summed E-state index contributed by atoms with van der Waals surface area (Å²) < 4.78 is 5.95. The van der Waals surface area contributed by atoms with Gasteiger partial charge in [0.25, 0.3) is 0 Å². The SMILES string of the molecule is CCCNCc1ccc(OC2CCC(C)CC2)nc1. The number of hydrogen-bond acceptors (Lipinski definition) is 3. The Bertz CT molecular complexity index is 356. The van der Waals surface area contributed by atoms with Crippen LogP contribution in [0.5, 0.6) is 5.88 Å². The highest BCUT2D eigenvalue weighted by Crippen LogP contribution is 2.26. The van der Waals surface area contributed by atoms with Gasteiger partial charge in [0.2, 0.25) is 5.88 Å². The summed E-state index contributed by atoms with van der Waals surface area (Å²) in [5.41, 5.74) is 1.22. The lowest BCUT2D eigenvalue weighted by molar-refractivity contribution is 0.130. The molecule has 0 radical (unpaired) electrons. The van der Waals surface area contributed by atoms with Crippen LogP contribution in [0.2, 0.25) is 0 Å². The van der Waals surface area contributed by atoms with Crippen molar-refractivity contribution in [3.8, 4) is 5.88 Å². The van der Waals surface area contributed by atoms with E-state index in [9.17, 15) is 0 Å². The molecule has 1 fully saturated rings. The van der Waals surface area contributed by atoms with E-state index in [0.717, 1.165) is 31.3 Å². The van der Waals surface area contributed by atoms with Crippen molar-refractivity contribution in [2.45, 2.75) is 58.6 Å². The molecule has 0 bridgehead atoms. The summed E-state index contributed by atoms with van der Waals surface area (Å²) in [6.07, 6.45) is 8.35. The molecule has 1 aromatic rings. The Kier molecular flexibility index (Phi) is 5.64. The van der Waals surface area contributed by atoms with Crippen molar-refractivity contribution in [1.29, 1.82) is 0 Å². The Morgan fingerprint density at radius 2 is 2.05 bits per heavy atom. The van der Waals surface area contributed by atoms with Crippen molar-refractivity contribution < 1.29 is 4.74 Å². The monoisotopic (exact) mass is 262 g/mol. The van der Waals surface area contributed by atoms with E-state index in [1.165, 1.54) is 31.2 Å². The zero-order valence-electron chi connectivity index (χ0n) is 12.2. The maximum Gasteiger partial charge on any atom is 0.213 e. The van der Waals surface area contributed by atoms with Crippen molar-refractivity contribution in [3.05, 3.63) is 23.9 Å². The maximum absolute atomic E-state index is 5.95. The molecule has 0 unspecified atom stereocenters. The second kappa shape index (κ2) is 7.49. The Labute approximate surface area is 116 Å². The zero-order valence-corrected chi connectivity index (χ0v) is 12.2. The normalized spacial score (nSPS) is 23.3. The molecule has 1 aliphatic carbocycles. The van der Waals surface area contributed by atoms with Gasteiger partial charge in [-0.3, -0.25) is 0 Å². The fourth-order valence-electron chi connectivity index (χ4n) is 2.51. The summed E-state index contributed by atoms with van der Waals surface area (Å²) in [7, 11) is 0. The van der Waals surface area contributed by atoms with E-state index < -0.39 is 0 Å². The van der Waals surface area contributed by atoms with Crippen LogP contribution >= 0.6 is 0 Å². The van der Waals surface area contributed by atoms with Crippen LogP contribution in [0.3, 0.4) is 0 Å². The first-order valence-electron chi connectivity index (χ1n) is 7.60. The van der Waals surface area contributed by atoms with Crippen LogP contribution < -0.4 is 10.1 Å². The van der Waals surface area contributed by atoms with Gasteiger partial charge in [0.1, 0.15) is 6.10 Å². The van der Waals surface area contributed by atoms with Crippen LogP contribution in [0, 0.1) is 5.92 Å². The molecule has 19 heavy (non-hydrogen) atoms. The van der Waals surface area contributed by atoms with Gasteiger partial charge in [0, 0.05) is 18.8 Å². The van der Waals surface area contributed by atoms with E-state index >= 15 is 0 Å². The van der Waals surface area contributed by atoms with Gasteiger partial charge in [-0.25, -0.2) is 4.98 Å². The third-order valence-corrected chi connectivity index (χ3v) is 3.80. The first-order valence-corrected chi connectivity index (χ1v) is 7.60. The zero-order chi connectivity index (χ0) is 13.5. The van der Waals surface area contributed by atoms with E-state index in [4.69, 9.17) is 4.74 Å². The Morgan fingerprint density at radius 1 is 1.26 bits per heavy atom. The molecule has 2 rings (SSSR count). The van der Waals surface area contributed by atoms with Gasteiger partial charge in [0.15, 0.2) is 0 Å². The van der Waals surface area contributed by atoms with E-state index in [1.807, 2.05) is 12.3 Å². The molecule has 0 aromatic carbocycles. The summed E-state index contributed by atoms with van der Waals surface area (Å²) in [6, 6.07) is 4.11. The molecule has 0 spiro atoms. The minimum absolute atomic E-state index is 0.368. The van der Waals surface area contributed by atoms with Crippen LogP contribution in [-0.4, -0.2) is 17.6 Å². The van der Waals surface area contributed by atoms with Gasteiger partial charge in [0.05, 0.1) is 0 Å². The Balaban J connectivity index is 1.78. The fraction of sp³-hybridized carbons (Fsp3) is 0.688. The maximum atomic E-state index is 5.95. The number of nitrogens with one attached hydrogen (secondary N) is 1. The van der Waals surface area contributed by atoms with E-state index in [0.29, 0.717) is 6.10 Å². The molecule has 1 aromatic heterocycles. The molecule has 1 saturated carbocycles. The van der Waals surface area contributed by atoms with Crippen molar-refractivity contribution >= 4 is 0 Å². The number of pyridine rings is 1. The third-order valence-electron chi connectivity index (χ3n) is 3.80. The minimum atomic E-state index is 0.368. The Morgan fingerprint density at radius 3 is 2.68 bits per heavy atom. The van der Waals surface area contributed by atoms with Gasteiger partial charge in [-0.1, -0.05) is 19.9 Å². The van der Waals surface area contributed by atoms with E-state index in [1.54, 1.807) is 0 Å². The van der Waals surface area contributed by atoms with Crippen molar-refractivity contribution in [3.63, 3.8) is 0 Å². The average molecular weight is 262 g/mol. The number of ether oxygens (including phenoxy) is 1. The molecular formula is C16H26N2O. The second-order valence-electron chi connectivity index (χ2n) is 5.68. The molecule has 0 aliphatic heterocycles. The summed E-state index contributed by atoms with van der Waals surface area (Å²) >= 11 is 0. The highest BCUT2D eigenvalue weighted by atomic mass is 16.5. The molecule has 0 atom stereocenters. The molecule has 1 aliphatic rings. The Hall–Kier alpha value is -1.09. The summed E-state index contributed by atoms with van der Waals surface area (Å²) in [5.74, 6) is 1.64. The first kappa shape index (κ1) is 14.3. The van der Waals surface area contributed by atoms with Gasteiger partial charge in [-0.05, 0) is 50.1 Å². The smallest absolute Gasteiger partial charge is 0.213 e. The molecular weight excluding hydrogens is 236 g/mol. The van der Waals surface area contributed by atoms with Gasteiger partial charge in [-0.15, -0.1) is 0 Å². The molecule has 3 nitrogen and oxygen atoms in total. The predicted octanol–water partition coefficient (Wildman–Crippen LogP) is 3.54. The summed E-state index contributed by atoms with van der Waals surface area (Å²) in [4.78, 5) is 4.41. The van der Waals surface area contributed by atoms with Crippen LogP contribution in [0.25, 0.3) is 0 Å². The van der Waals surface area contributed by atoms with Crippen molar-refractivity contribution in [2.24, 2.45) is 5.92 Å². The highest BCUT2D eigenvalue weighted by Gasteiger charge is 2.19. The standard InChI is InChI=1S/C16H26N2O/c1-3-10-17-11-14-6-9-16(18-12-14)19-15-7-4-13(2)5-8-15/h6,9,12-13,15,17H,3-5,7-8,10-11H2,1-2H3. The van der Waals surface area contributed by atoms with Gasteiger partial charge >= 0.3 is 0 Å². The first-order chi connectivity index (χ1) is 9.28. The molecule has 1 heterocycles. The molecule has 106 valence electrons. The van der Waals surface area contributed by atoms with Crippen LogP contribution in [0.4, 0.5) is 0 Å². The molecule has 3 heteroatoms. The number of nitrogens with zero attached hydrogens (tertiary/aromatic N) is 1. The summed E-state index contributed by atoms with van der Waals surface area (Å²) in [5, 5.41) is 3.38. The minimum Gasteiger partial charge on any atom is -0.474 e. The molecule has 0 amide bonds. The van der Waals surface area contributed by atoms with Gasteiger partial charge < -0.3 is 10.1 Å². The third kappa shape index (κ3) is 4.83. The second-order valence-corrected chi connectivity index (χ2v) is 5.68. The van der Waals surface area contributed by atoms with Crippen LogP contribution in [0.1, 0.15) is 51.5 Å². The molecule has 0 saturated heterocycles. The quantitative estimate of drug-likeness (QED) is 0.796. The van der Waals surface area contributed by atoms with Crippen LogP contribution in [-0.2, 0) is 6.54 Å². The van der Waals surface area contributed by atoms with Gasteiger partial charge in [-0.2, -0.15) is 0 Å². The lowest BCUT2D eigenvalue weighted by atomic mass is 9.89. The lowest BCUT2D eigenvalue weighted by Crippen LogP contribution is -2.23. The molecule has 1 N–H and O–H groups in total. The topological polar surface area (TPSA) is 34.1 Å². The fourth-order valence-corrected chi connectivity index (χ4v) is 2.51. The summed E-state index contributed by atoms with van der Waals surface area (Å²) in [6.45, 7) is 6.44. The predicted molar refractivity (Wildman–Crippen MR) is 78.3 cm³/mol. The van der Waals surface area contributed by atoms with E-state index in [2.05, 4.69) is 30.2 Å². The number of hydrogen-bond donors (Lipinski definition) is 1. The number of aromatic nitrogens is 1. The largest absolute Gasteiger partial charge is 0.474 e. The van der Waals surface area contributed by atoms with Crippen LogP contribution in [0.15, 0.2) is 18.3 Å². The van der Waals surface area contributed by atoms with E-state index in [-0.39, 0.29) is 0 Å². The van der Waals surface area contributed by atoms with Crippen molar-refractivity contribution in [2.75, 3.05) is 6.54 Å².